The standard InChI is InChI=1S/C19H23F3N4O2/c1-4-11(2)24-18(27)14-10-23-26-16(19(20,21)22)9-15(25-17(14)26)12-5-7-13(28-3)8-6-12/h5-8,10-11,15-16,25H,4,9H2,1-3H3,(H,24,27). The van der Waals surface area contributed by atoms with Gasteiger partial charge >= 0.3 is 6.18 Å². The van der Waals surface area contributed by atoms with Crippen LogP contribution in [0.3, 0.4) is 0 Å². The van der Waals surface area contributed by atoms with Gasteiger partial charge in [0, 0.05) is 12.5 Å². The number of benzene rings is 1. The zero-order chi connectivity index (χ0) is 20.5. The van der Waals surface area contributed by atoms with Crippen molar-refractivity contribution in [2.45, 2.75) is 51.0 Å². The van der Waals surface area contributed by atoms with Crippen molar-refractivity contribution in [3.05, 3.63) is 41.6 Å². The number of hydrogen-bond acceptors (Lipinski definition) is 4. The first kappa shape index (κ1) is 20.0. The number of methoxy groups -OCH3 is 1. The molecule has 0 saturated carbocycles. The molecule has 0 spiro atoms. The molecule has 3 rings (SSSR count). The summed E-state index contributed by atoms with van der Waals surface area (Å²) in [5.41, 5.74) is 0.781. The molecule has 2 heterocycles. The van der Waals surface area contributed by atoms with Gasteiger partial charge in [-0.1, -0.05) is 19.1 Å². The molecule has 3 unspecified atom stereocenters. The molecule has 0 radical (unpaired) electrons. The van der Waals surface area contributed by atoms with Crippen LogP contribution >= 0.6 is 0 Å². The van der Waals surface area contributed by atoms with Crippen LogP contribution in [0, 0.1) is 0 Å². The van der Waals surface area contributed by atoms with E-state index in [0.29, 0.717) is 17.7 Å². The van der Waals surface area contributed by atoms with Crippen LogP contribution in [0.25, 0.3) is 0 Å². The third kappa shape index (κ3) is 3.93. The summed E-state index contributed by atoms with van der Waals surface area (Å²) in [6.45, 7) is 3.75. The molecule has 2 aromatic rings. The number of fused-ring (bicyclic) bond motifs is 1. The number of anilines is 1. The number of amides is 1. The maximum absolute atomic E-state index is 13.7. The molecule has 1 aromatic carbocycles. The summed E-state index contributed by atoms with van der Waals surface area (Å²) in [5, 5.41) is 9.72. The van der Waals surface area contributed by atoms with E-state index >= 15 is 0 Å². The highest BCUT2D eigenvalue weighted by atomic mass is 19.4. The average molecular weight is 396 g/mol. The number of carbonyl (C=O) groups excluding carboxylic acids is 1. The Labute approximate surface area is 161 Å². The van der Waals surface area contributed by atoms with Crippen LogP contribution in [-0.2, 0) is 0 Å². The summed E-state index contributed by atoms with van der Waals surface area (Å²) in [6.07, 6.45) is -2.81. The van der Waals surface area contributed by atoms with Crippen molar-refractivity contribution in [1.29, 1.82) is 0 Å². The lowest BCUT2D eigenvalue weighted by Gasteiger charge is -2.34. The quantitative estimate of drug-likeness (QED) is 0.799. The number of hydrogen-bond donors (Lipinski definition) is 2. The zero-order valence-electron chi connectivity index (χ0n) is 15.9. The molecule has 3 atom stereocenters. The molecule has 9 heteroatoms. The predicted molar refractivity (Wildman–Crippen MR) is 98.5 cm³/mol. The number of nitrogens with zero attached hydrogens (tertiary/aromatic N) is 2. The van der Waals surface area contributed by atoms with E-state index < -0.39 is 24.2 Å². The van der Waals surface area contributed by atoms with Crippen LogP contribution in [0.2, 0.25) is 0 Å². The second-order valence-electron chi connectivity index (χ2n) is 6.90. The van der Waals surface area contributed by atoms with Crippen LogP contribution in [0.15, 0.2) is 30.5 Å². The SMILES string of the molecule is CCC(C)NC(=O)c1cnn2c1NC(c1ccc(OC)cc1)CC2C(F)(F)F. The minimum Gasteiger partial charge on any atom is -0.497 e. The van der Waals surface area contributed by atoms with Gasteiger partial charge in [-0.2, -0.15) is 18.3 Å². The Bertz CT molecular complexity index is 833. The van der Waals surface area contributed by atoms with Crippen LogP contribution in [0.5, 0.6) is 5.75 Å². The molecule has 6 nitrogen and oxygen atoms in total. The lowest BCUT2D eigenvalue weighted by molar-refractivity contribution is -0.173. The lowest BCUT2D eigenvalue weighted by atomic mass is 9.96. The number of ether oxygens (including phenoxy) is 1. The van der Waals surface area contributed by atoms with Crippen LogP contribution in [-0.4, -0.2) is 35.0 Å². The summed E-state index contributed by atoms with van der Waals surface area (Å²) < 4.78 is 47.1. The molecule has 152 valence electrons. The van der Waals surface area contributed by atoms with Crippen LogP contribution < -0.4 is 15.4 Å². The van der Waals surface area contributed by atoms with E-state index in [-0.39, 0.29) is 23.8 Å². The molecule has 0 fully saturated rings. The molecular formula is C19H23F3N4O2. The van der Waals surface area contributed by atoms with E-state index in [1.165, 1.54) is 13.3 Å². The number of carbonyl (C=O) groups is 1. The second kappa shape index (κ2) is 7.73. The average Bonchev–Trinajstić information content (AvgIpc) is 3.10. The van der Waals surface area contributed by atoms with E-state index in [0.717, 1.165) is 4.68 Å². The molecule has 1 aliphatic heterocycles. The van der Waals surface area contributed by atoms with Gasteiger partial charge < -0.3 is 15.4 Å². The van der Waals surface area contributed by atoms with E-state index in [9.17, 15) is 18.0 Å². The molecule has 1 amide bonds. The Kier molecular flexibility index (Phi) is 5.53. The highest BCUT2D eigenvalue weighted by Crippen LogP contribution is 2.44. The van der Waals surface area contributed by atoms with Crippen molar-refractivity contribution in [3.8, 4) is 5.75 Å². The highest BCUT2D eigenvalue weighted by molar-refractivity contribution is 5.99. The molecule has 1 aromatic heterocycles. The topological polar surface area (TPSA) is 68.2 Å². The molecule has 0 aliphatic carbocycles. The fourth-order valence-corrected chi connectivity index (χ4v) is 3.19. The van der Waals surface area contributed by atoms with Crippen molar-refractivity contribution in [2.24, 2.45) is 0 Å². The van der Waals surface area contributed by atoms with Gasteiger partial charge in [0.1, 0.15) is 17.1 Å². The Morgan fingerprint density at radius 1 is 1.39 bits per heavy atom. The number of nitrogens with one attached hydrogen (secondary N) is 2. The van der Waals surface area contributed by atoms with Crippen molar-refractivity contribution in [1.82, 2.24) is 15.1 Å². The van der Waals surface area contributed by atoms with Gasteiger partial charge in [-0.3, -0.25) is 4.79 Å². The summed E-state index contributed by atoms with van der Waals surface area (Å²) in [4.78, 5) is 12.5. The number of rotatable bonds is 5. The Balaban J connectivity index is 1.96. The smallest absolute Gasteiger partial charge is 0.410 e. The van der Waals surface area contributed by atoms with Crippen LogP contribution in [0.4, 0.5) is 19.0 Å². The third-order valence-corrected chi connectivity index (χ3v) is 4.99. The first-order valence-corrected chi connectivity index (χ1v) is 9.10. The fourth-order valence-electron chi connectivity index (χ4n) is 3.19. The second-order valence-corrected chi connectivity index (χ2v) is 6.90. The van der Waals surface area contributed by atoms with E-state index in [1.54, 1.807) is 24.3 Å². The maximum Gasteiger partial charge on any atom is 0.410 e. The molecule has 0 bridgehead atoms. The van der Waals surface area contributed by atoms with Crippen molar-refractivity contribution >= 4 is 11.7 Å². The number of halogens is 3. The monoisotopic (exact) mass is 396 g/mol. The Morgan fingerprint density at radius 2 is 2.07 bits per heavy atom. The first-order valence-electron chi connectivity index (χ1n) is 9.10. The zero-order valence-corrected chi connectivity index (χ0v) is 15.9. The number of alkyl halides is 3. The normalized spacial score (nSPS) is 20.1. The molecule has 2 N–H and O–H groups in total. The highest BCUT2D eigenvalue weighted by Gasteiger charge is 2.47. The van der Waals surface area contributed by atoms with Gasteiger partial charge in [-0.05, 0) is 31.0 Å². The molecule has 28 heavy (non-hydrogen) atoms. The van der Waals surface area contributed by atoms with Gasteiger partial charge in [-0.15, -0.1) is 0 Å². The van der Waals surface area contributed by atoms with Crippen molar-refractivity contribution < 1.29 is 22.7 Å². The Hall–Kier alpha value is -2.71. The summed E-state index contributed by atoms with van der Waals surface area (Å²) in [5.74, 6) is 0.250. The minimum atomic E-state index is -4.49. The van der Waals surface area contributed by atoms with Crippen molar-refractivity contribution in [3.63, 3.8) is 0 Å². The van der Waals surface area contributed by atoms with Crippen LogP contribution in [0.1, 0.15) is 54.7 Å². The first-order chi connectivity index (χ1) is 13.2. The lowest BCUT2D eigenvalue weighted by Crippen LogP contribution is -2.37. The van der Waals surface area contributed by atoms with E-state index in [4.69, 9.17) is 4.74 Å². The summed E-state index contributed by atoms with van der Waals surface area (Å²) in [6, 6.07) is 4.30. The predicted octanol–water partition coefficient (Wildman–Crippen LogP) is 4.08. The van der Waals surface area contributed by atoms with Crippen molar-refractivity contribution in [2.75, 3.05) is 12.4 Å². The third-order valence-electron chi connectivity index (χ3n) is 4.99. The van der Waals surface area contributed by atoms with E-state index in [2.05, 4.69) is 15.7 Å². The number of aromatic nitrogens is 2. The maximum atomic E-state index is 13.7. The van der Waals surface area contributed by atoms with Gasteiger partial charge in [0.25, 0.3) is 5.91 Å². The summed E-state index contributed by atoms with van der Waals surface area (Å²) in [7, 11) is 1.52. The molecule has 1 aliphatic rings. The van der Waals surface area contributed by atoms with E-state index in [1.807, 2.05) is 13.8 Å². The Morgan fingerprint density at radius 3 is 2.64 bits per heavy atom. The molecule has 0 saturated heterocycles. The van der Waals surface area contributed by atoms with Gasteiger partial charge in [0.05, 0.1) is 19.3 Å². The minimum absolute atomic E-state index is 0.0789. The van der Waals surface area contributed by atoms with Gasteiger partial charge in [-0.25, -0.2) is 4.68 Å². The fraction of sp³-hybridized carbons (Fsp3) is 0.474. The molecular weight excluding hydrogens is 373 g/mol. The largest absolute Gasteiger partial charge is 0.497 e. The summed E-state index contributed by atoms with van der Waals surface area (Å²) >= 11 is 0. The van der Waals surface area contributed by atoms with Gasteiger partial charge in [0.15, 0.2) is 6.04 Å². The van der Waals surface area contributed by atoms with Gasteiger partial charge in [0.2, 0.25) is 0 Å².